The van der Waals surface area contributed by atoms with E-state index in [9.17, 15) is 32.7 Å². The van der Waals surface area contributed by atoms with Crippen molar-refractivity contribution in [2.45, 2.75) is 31.7 Å². The van der Waals surface area contributed by atoms with E-state index in [2.05, 4.69) is 5.32 Å². The number of aromatic carboxylic acids is 1. The molecule has 1 saturated carbocycles. The summed E-state index contributed by atoms with van der Waals surface area (Å²) in [6.07, 6.45) is 1.56. The molecule has 8 heteroatoms. The highest BCUT2D eigenvalue weighted by molar-refractivity contribution is 6.08. The van der Waals surface area contributed by atoms with Gasteiger partial charge in [0.15, 0.2) is 0 Å². The maximum Gasteiger partial charge on any atom is 0.339 e. The number of nitrogens with one attached hydrogen (secondary N) is 1. The molecule has 0 aliphatic heterocycles. The van der Waals surface area contributed by atoms with Gasteiger partial charge in [-0.05, 0) is 55.0 Å². The lowest BCUT2D eigenvalue weighted by atomic mass is 9.89. The number of Topliss-reactive ketones (excluding diaryl/α,β-unsaturated/α-hetero) is 1. The Balaban J connectivity index is 1.99. The van der Waals surface area contributed by atoms with Gasteiger partial charge in [0.05, 0.1) is 11.6 Å². The van der Waals surface area contributed by atoms with Crippen LogP contribution in [0.5, 0.6) is 0 Å². The predicted octanol–water partition coefficient (Wildman–Crippen LogP) is 3.74. The van der Waals surface area contributed by atoms with Crippen molar-refractivity contribution in [3.05, 3.63) is 70.5 Å². The van der Waals surface area contributed by atoms with Gasteiger partial charge >= 0.3 is 5.97 Å². The van der Waals surface area contributed by atoms with E-state index in [1.807, 2.05) is 0 Å². The van der Waals surface area contributed by atoms with Crippen LogP contribution in [0, 0.1) is 23.4 Å². The quantitative estimate of drug-likeness (QED) is 0.688. The summed E-state index contributed by atoms with van der Waals surface area (Å²) in [7, 11) is 0. The number of hydrogen-bond acceptors (Lipinski definition) is 3. The third-order valence-corrected chi connectivity index (χ3v) is 4.88. The molecule has 1 aliphatic rings. The highest BCUT2D eigenvalue weighted by Gasteiger charge is 2.38. The molecule has 2 aromatic rings. The summed E-state index contributed by atoms with van der Waals surface area (Å²) in [5.74, 6) is -8.07. The van der Waals surface area contributed by atoms with Gasteiger partial charge in [-0.2, -0.15) is 0 Å². The first-order valence-corrected chi connectivity index (χ1v) is 8.97. The van der Waals surface area contributed by atoms with Crippen LogP contribution in [0.3, 0.4) is 0 Å². The molecule has 0 saturated heterocycles. The minimum Gasteiger partial charge on any atom is -0.478 e. The Morgan fingerprint density at radius 1 is 1.07 bits per heavy atom. The maximum absolute atomic E-state index is 14.1. The first-order valence-electron chi connectivity index (χ1n) is 8.97. The molecule has 0 aromatic heterocycles. The van der Waals surface area contributed by atoms with Crippen LogP contribution in [-0.4, -0.2) is 22.8 Å². The summed E-state index contributed by atoms with van der Waals surface area (Å²) >= 11 is 0. The van der Waals surface area contributed by atoms with Gasteiger partial charge in [-0.25, -0.2) is 18.0 Å². The Kier molecular flexibility index (Phi) is 5.72. The van der Waals surface area contributed by atoms with Crippen molar-refractivity contribution in [2.75, 3.05) is 0 Å². The predicted molar refractivity (Wildman–Crippen MR) is 96.7 cm³/mol. The van der Waals surface area contributed by atoms with Crippen molar-refractivity contribution in [3.8, 4) is 0 Å². The van der Waals surface area contributed by atoms with Crippen molar-refractivity contribution in [3.63, 3.8) is 0 Å². The molecule has 1 amide bonds. The van der Waals surface area contributed by atoms with Gasteiger partial charge in [0.1, 0.15) is 29.2 Å². The first-order chi connectivity index (χ1) is 13.7. The topological polar surface area (TPSA) is 83.5 Å². The molecule has 1 aliphatic carbocycles. The summed E-state index contributed by atoms with van der Waals surface area (Å²) < 4.78 is 41.4. The number of halogens is 3. The standard InChI is InChI=1S/C21H18F3NO4/c1-10(26)17(15-8-14(23)9-16(24)18(15)21(28)29)20(27)25-19(11-5-6-11)12-3-2-4-13(22)7-12/h2-4,7-9,11,17,19H,5-6H2,1H3,(H,25,27)(H,28,29)/t17?,19-/m0/s1. The van der Waals surface area contributed by atoms with Crippen LogP contribution in [0.4, 0.5) is 13.2 Å². The number of carbonyl (C=O) groups is 3. The van der Waals surface area contributed by atoms with Gasteiger partial charge < -0.3 is 10.4 Å². The SMILES string of the molecule is CC(=O)C(C(=O)N[C@H](c1cccc(F)c1)C1CC1)c1cc(F)cc(F)c1C(=O)O. The zero-order valence-corrected chi connectivity index (χ0v) is 15.4. The minimum atomic E-state index is -1.72. The Morgan fingerprint density at radius 2 is 1.76 bits per heavy atom. The van der Waals surface area contributed by atoms with Crippen LogP contribution in [0.1, 0.15) is 53.2 Å². The number of benzene rings is 2. The number of ketones is 1. The Labute approximate surface area is 164 Å². The van der Waals surface area contributed by atoms with Crippen molar-refractivity contribution in [1.82, 2.24) is 5.32 Å². The van der Waals surface area contributed by atoms with Crippen molar-refractivity contribution >= 4 is 17.7 Å². The molecular weight excluding hydrogens is 387 g/mol. The monoisotopic (exact) mass is 405 g/mol. The molecular formula is C21H18F3NO4. The van der Waals surface area contributed by atoms with E-state index >= 15 is 0 Å². The van der Waals surface area contributed by atoms with E-state index in [-0.39, 0.29) is 5.92 Å². The largest absolute Gasteiger partial charge is 0.478 e. The smallest absolute Gasteiger partial charge is 0.339 e. The molecule has 5 nitrogen and oxygen atoms in total. The van der Waals surface area contributed by atoms with Crippen molar-refractivity contribution in [1.29, 1.82) is 0 Å². The highest BCUT2D eigenvalue weighted by Crippen LogP contribution is 2.41. The zero-order chi connectivity index (χ0) is 21.3. The molecule has 3 rings (SSSR count). The van der Waals surface area contributed by atoms with E-state index in [1.54, 1.807) is 6.07 Å². The fourth-order valence-corrected chi connectivity index (χ4v) is 3.43. The molecule has 0 bridgehead atoms. The summed E-state index contributed by atoms with van der Waals surface area (Å²) in [5, 5.41) is 11.9. The van der Waals surface area contributed by atoms with Gasteiger partial charge in [0, 0.05) is 6.07 Å². The molecule has 0 heterocycles. The second-order valence-corrected chi connectivity index (χ2v) is 7.08. The zero-order valence-electron chi connectivity index (χ0n) is 15.4. The number of carbonyl (C=O) groups excluding carboxylic acids is 2. The highest BCUT2D eigenvalue weighted by atomic mass is 19.1. The molecule has 0 radical (unpaired) electrons. The second kappa shape index (κ2) is 8.06. The maximum atomic E-state index is 14.1. The summed E-state index contributed by atoms with van der Waals surface area (Å²) in [4.78, 5) is 36.6. The molecule has 1 fully saturated rings. The van der Waals surface area contributed by atoms with E-state index in [4.69, 9.17) is 0 Å². The molecule has 2 aromatic carbocycles. The van der Waals surface area contributed by atoms with Crippen LogP contribution in [-0.2, 0) is 9.59 Å². The van der Waals surface area contributed by atoms with E-state index in [1.165, 1.54) is 18.2 Å². The van der Waals surface area contributed by atoms with E-state index < -0.39 is 58.2 Å². The summed E-state index contributed by atoms with van der Waals surface area (Å²) in [6.45, 7) is 1.03. The lowest BCUT2D eigenvalue weighted by molar-refractivity contribution is -0.130. The number of rotatable bonds is 7. The van der Waals surface area contributed by atoms with Crippen molar-refractivity contribution < 1.29 is 32.7 Å². The van der Waals surface area contributed by atoms with Gasteiger partial charge in [0.2, 0.25) is 5.91 Å². The summed E-state index contributed by atoms with van der Waals surface area (Å²) in [5.41, 5.74) is -1.00. The van der Waals surface area contributed by atoms with Crippen LogP contribution in [0.25, 0.3) is 0 Å². The lowest BCUT2D eigenvalue weighted by Crippen LogP contribution is -2.37. The third kappa shape index (κ3) is 4.47. The molecule has 2 N–H and O–H groups in total. The molecule has 1 unspecified atom stereocenters. The van der Waals surface area contributed by atoms with Gasteiger partial charge in [0.25, 0.3) is 0 Å². The average Bonchev–Trinajstić information content (AvgIpc) is 3.43. The average molecular weight is 405 g/mol. The van der Waals surface area contributed by atoms with Crippen LogP contribution < -0.4 is 5.32 Å². The van der Waals surface area contributed by atoms with Crippen molar-refractivity contribution in [2.24, 2.45) is 5.92 Å². The number of carboxylic acids is 1. The van der Waals surface area contributed by atoms with Crippen LogP contribution >= 0.6 is 0 Å². The molecule has 152 valence electrons. The minimum absolute atomic E-state index is 0.0246. The fraction of sp³-hybridized carbons (Fsp3) is 0.286. The van der Waals surface area contributed by atoms with E-state index in [0.29, 0.717) is 17.7 Å². The van der Waals surface area contributed by atoms with Gasteiger partial charge in [-0.3, -0.25) is 9.59 Å². The fourth-order valence-electron chi connectivity index (χ4n) is 3.43. The Hall–Kier alpha value is -3.16. The first kappa shape index (κ1) is 20.6. The number of carboxylic acid groups (broad SMARTS) is 1. The normalized spacial score (nSPS) is 15.4. The lowest BCUT2D eigenvalue weighted by Gasteiger charge is -2.23. The van der Waals surface area contributed by atoms with Gasteiger partial charge in [-0.15, -0.1) is 0 Å². The third-order valence-electron chi connectivity index (χ3n) is 4.88. The Morgan fingerprint density at radius 3 is 2.31 bits per heavy atom. The summed E-state index contributed by atoms with van der Waals surface area (Å²) in [6, 6.07) is 6.07. The van der Waals surface area contributed by atoms with Gasteiger partial charge in [-0.1, -0.05) is 12.1 Å². The number of amides is 1. The molecule has 2 atom stereocenters. The van der Waals surface area contributed by atoms with E-state index in [0.717, 1.165) is 19.8 Å². The second-order valence-electron chi connectivity index (χ2n) is 7.08. The van der Waals surface area contributed by atoms with Crippen LogP contribution in [0.15, 0.2) is 36.4 Å². The molecule has 0 spiro atoms. The number of hydrogen-bond donors (Lipinski definition) is 2. The Bertz CT molecular complexity index is 988. The van der Waals surface area contributed by atoms with Crippen LogP contribution in [0.2, 0.25) is 0 Å². The molecule has 29 heavy (non-hydrogen) atoms.